The minimum Gasteiger partial charge on any atom is -0.392 e. The van der Waals surface area contributed by atoms with E-state index in [9.17, 15) is 15.0 Å². The molecule has 0 radical (unpaired) electrons. The van der Waals surface area contributed by atoms with E-state index in [4.69, 9.17) is 0 Å². The molecule has 3 rings (SSSR count). The van der Waals surface area contributed by atoms with Gasteiger partial charge in [-0.2, -0.15) is 0 Å². The van der Waals surface area contributed by atoms with Crippen LogP contribution in [0.15, 0.2) is 23.8 Å². The minimum atomic E-state index is -0.472. The number of fused-ring (bicyclic) bond motifs is 3. The van der Waals surface area contributed by atoms with E-state index >= 15 is 0 Å². The van der Waals surface area contributed by atoms with Gasteiger partial charge in [-0.3, -0.25) is 4.79 Å². The SMILES string of the molecule is C=CC1=C(CO)[C@@H]2[C@@H](O)C[C@H]3C(C)(C)CCC[C@]3(C)[C@H]2CC1=O. The largest absolute Gasteiger partial charge is 0.392 e. The topological polar surface area (TPSA) is 57.5 Å². The van der Waals surface area contributed by atoms with Crippen molar-refractivity contribution in [3.63, 3.8) is 0 Å². The normalized spacial score (nSPS) is 42.9. The van der Waals surface area contributed by atoms with Gasteiger partial charge in [0.05, 0.1) is 12.7 Å². The van der Waals surface area contributed by atoms with Gasteiger partial charge in [-0.1, -0.05) is 39.8 Å². The third-order valence-corrected chi connectivity index (χ3v) is 7.28. The lowest BCUT2D eigenvalue weighted by Gasteiger charge is -2.61. The van der Waals surface area contributed by atoms with Crippen LogP contribution < -0.4 is 0 Å². The number of carbonyl (C=O) groups is 1. The first kappa shape index (κ1) is 16.9. The van der Waals surface area contributed by atoms with Crippen molar-refractivity contribution in [2.45, 2.75) is 59.0 Å². The second-order valence-electron chi connectivity index (χ2n) is 8.76. The van der Waals surface area contributed by atoms with Crippen molar-refractivity contribution in [1.82, 2.24) is 0 Å². The molecule has 0 amide bonds. The molecule has 0 saturated heterocycles. The highest BCUT2D eigenvalue weighted by molar-refractivity contribution is 6.00. The zero-order chi connectivity index (χ0) is 17.0. The maximum Gasteiger partial charge on any atom is 0.163 e. The van der Waals surface area contributed by atoms with Crippen molar-refractivity contribution >= 4 is 5.78 Å². The number of allylic oxidation sites excluding steroid dienone is 2. The predicted octanol–water partition coefficient (Wildman–Crippen LogP) is 3.26. The predicted molar refractivity (Wildman–Crippen MR) is 90.8 cm³/mol. The lowest BCUT2D eigenvalue weighted by Crippen LogP contribution is -2.58. The van der Waals surface area contributed by atoms with Crippen LogP contribution in [0.3, 0.4) is 0 Å². The Balaban J connectivity index is 2.10. The number of aliphatic hydroxyl groups is 2. The Morgan fingerprint density at radius 1 is 1.30 bits per heavy atom. The summed E-state index contributed by atoms with van der Waals surface area (Å²) < 4.78 is 0. The molecule has 3 aliphatic rings. The van der Waals surface area contributed by atoms with E-state index in [1.54, 1.807) is 6.08 Å². The molecule has 0 aromatic carbocycles. The molecule has 3 heteroatoms. The molecule has 0 bridgehead atoms. The highest BCUT2D eigenvalue weighted by atomic mass is 16.3. The van der Waals surface area contributed by atoms with E-state index in [1.165, 1.54) is 12.8 Å². The first-order valence-corrected chi connectivity index (χ1v) is 8.94. The molecular weight excluding hydrogens is 288 g/mol. The molecule has 0 aliphatic heterocycles. The van der Waals surface area contributed by atoms with Crippen molar-refractivity contribution in [3.8, 4) is 0 Å². The van der Waals surface area contributed by atoms with Gasteiger partial charge in [0.1, 0.15) is 0 Å². The number of Topliss-reactive ketones (excluding diaryl/α,β-unsaturated/α-hetero) is 1. The van der Waals surface area contributed by atoms with Crippen LogP contribution >= 0.6 is 0 Å². The van der Waals surface area contributed by atoms with Gasteiger partial charge in [-0.05, 0) is 47.5 Å². The molecular formula is C20H30O3. The van der Waals surface area contributed by atoms with Crippen LogP contribution in [-0.2, 0) is 4.79 Å². The molecule has 128 valence electrons. The Morgan fingerprint density at radius 2 is 2.00 bits per heavy atom. The summed E-state index contributed by atoms with van der Waals surface area (Å²) in [5, 5.41) is 20.8. The Morgan fingerprint density at radius 3 is 2.61 bits per heavy atom. The minimum absolute atomic E-state index is 0.0639. The fourth-order valence-electron chi connectivity index (χ4n) is 6.20. The van der Waals surface area contributed by atoms with Gasteiger partial charge >= 0.3 is 0 Å². The quantitative estimate of drug-likeness (QED) is 0.821. The van der Waals surface area contributed by atoms with Crippen LogP contribution in [0.4, 0.5) is 0 Å². The van der Waals surface area contributed by atoms with Crippen LogP contribution in [0.2, 0.25) is 0 Å². The van der Waals surface area contributed by atoms with E-state index < -0.39 is 6.10 Å². The molecule has 0 spiro atoms. The van der Waals surface area contributed by atoms with Crippen LogP contribution in [0, 0.1) is 28.6 Å². The second-order valence-corrected chi connectivity index (χ2v) is 8.76. The fourth-order valence-corrected chi connectivity index (χ4v) is 6.20. The first-order chi connectivity index (χ1) is 10.8. The zero-order valence-electron chi connectivity index (χ0n) is 14.6. The molecule has 3 nitrogen and oxygen atoms in total. The van der Waals surface area contributed by atoms with Crippen LogP contribution in [0.5, 0.6) is 0 Å². The Hall–Kier alpha value is -0.930. The van der Waals surface area contributed by atoms with E-state index in [2.05, 4.69) is 27.4 Å². The van der Waals surface area contributed by atoms with Gasteiger partial charge in [0.15, 0.2) is 5.78 Å². The number of hydrogen-bond donors (Lipinski definition) is 2. The number of rotatable bonds is 2. The number of hydrogen-bond acceptors (Lipinski definition) is 3. The standard InChI is InChI=1S/C20H30O3/c1-5-12-13(11-21)18-14(9-15(12)22)20(4)8-6-7-19(2,3)17(20)10-16(18)23/h5,14,16-18,21,23H,1,6-11H2,2-4H3/t14-,16-,17-,18-,20+/m0/s1. The highest BCUT2D eigenvalue weighted by Gasteiger charge is 2.59. The molecule has 2 saturated carbocycles. The van der Waals surface area contributed by atoms with Crippen molar-refractivity contribution in [1.29, 1.82) is 0 Å². The molecule has 2 N–H and O–H groups in total. The number of ketones is 1. The summed E-state index contributed by atoms with van der Waals surface area (Å²) in [7, 11) is 0. The van der Waals surface area contributed by atoms with E-state index in [0.29, 0.717) is 17.9 Å². The molecule has 5 atom stereocenters. The molecule has 0 unspecified atom stereocenters. The average molecular weight is 318 g/mol. The molecule has 2 fully saturated rings. The zero-order valence-corrected chi connectivity index (χ0v) is 14.6. The Labute approximate surface area is 139 Å². The third-order valence-electron chi connectivity index (χ3n) is 7.28. The van der Waals surface area contributed by atoms with E-state index in [0.717, 1.165) is 18.4 Å². The molecule has 0 aromatic rings. The molecule has 0 heterocycles. The second kappa shape index (κ2) is 5.56. The summed E-state index contributed by atoms with van der Waals surface area (Å²) in [5.74, 6) is 0.552. The highest BCUT2D eigenvalue weighted by Crippen LogP contribution is 2.63. The molecule has 23 heavy (non-hydrogen) atoms. The molecule has 3 aliphatic carbocycles. The van der Waals surface area contributed by atoms with Gasteiger partial charge in [0.25, 0.3) is 0 Å². The Bertz CT molecular complexity index is 559. The third kappa shape index (κ3) is 2.35. The van der Waals surface area contributed by atoms with Gasteiger partial charge in [0, 0.05) is 17.9 Å². The summed E-state index contributed by atoms with van der Waals surface area (Å²) in [6.45, 7) is 10.5. The monoisotopic (exact) mass is 318 g/mol. The van der Waals surface area contributed by atoms with Crippen molar-refractivity contribution in [2.75, 3.05) is 6.61 Å². The summed E-state index contributed by atoms with van der Waals surface area (Å²) in [6.07, 6.45) is 5.83. The van der Waals surface area contributed by atoms with Gasteiger partial charge < -0.3 is 10.2 Å². The van der Waals surface area contributed by atoms with E-state index in [1.807, 2.05) is 0 Å². The number of carbonyl (C=O) groups excluding carboxylic acids is 1. The smallest absolute Gasteiger partial charge is 0.163 e. The van der Waals surface area contributed by atoms with Crippen LogP contribution in [0.25, 0.3) is 0 Å². The summed E-state index contributed by atoms with van der Waals surface area (Å²) in [6, 6.07) is 0. The summed E-state index contributed by atoms with van der Waals surface area (Å²) in [4.78, 5) is 12.6. The lowest BCUT2D eigenvalue weighted by atomic mass is 9.43. The van der Waals surface area contributed by atoms with Crippen LogP contribution in [0.1, 0.15) is 52.9 Å². The van der Waals surface area contributed by atoms with E-state index in [-0.39, 0.29) is 35.1 Å². The van der Waals surface area contributed by atoms with Gasteiger partial charge in [0.2, 0.25) is 0 Å². The maximum atomic E-state index is 12.6. The number of aliphatic hydroxyl groups excluding tert-OH is 2. The van der Waals surface area contributed by atoms with Crippen LogP contribution in [-0.4, -0.2) is 28.7 Å². The van der Waals surface area contributed by atoms with Gasteiger partial charge in [-0.15, -0.1) is 0 Å². The molecule has 0 aromatic heterocycles. The van der Waals surface area contributed by atoms with Gasteiger partial charge in [-0.25, -0.2) is 0 Å². The van der Waals surface area contributed by atoms with Crippen molar-refractivity contribution < 1.29 is 15.0 Å². The van der Waals surface area contributed by atoms with Crippen molar-refractivity contribution in [2.24, 2.45) is 28.6 Å². The summed E-state index contributed by atoms with van der Waals surface area (Å²) >= 11 is 0. The lowest BCUT2D eigenvalue weighted by molar-refractivity contribution is -0.148. The summed E-state index contributed by atoms with van der Waals surface area (Å²) in [5.41, 5.74) is 1.53. The fraction of sp³-hybridized carbons (Fsp3) is 0.750. The van der Waals surface area contributed by atoms with Crippen molar-refractivity contribution in [3.05, 3.63) is 23.8 Å². The first-order valence-electron chi connectivity index (χ1n) is 8.94. The maximum absolute atomic E-state index is 12.6. The average Bonchev–Trinajstić information content (AvgIpc) is 2.48. The Kier molecular flexibility index (Phi) is 4.09.